The van der Waals surface area contributed by atoms with Crippen LogP contribution >= 0.6 is 0 Å². The molecule has 1 N–H and O–H groups in total. The Morgan fingerprint density at radius 1 is 0.947 bits per heavy atom. The maximum atomic E-state index is 3.43. The normalized spacial score (nSPS) is 17.7. The van der Waals surface area contributed by atoms with Gasteiger partial charge in [0.1, 0.15) is 0 Å². The van der Waals surface area contributed by atoms with Gasteiger partial charge in [-0.25, -0.2) is 0 Å². The van der Waals surface area contributed by atoms with E-state index in [1.165, 1.54) is 47.2 Å². The molecule has 19 heavy (non-hydrogen) atoms. The standard InChI is InChI=1S/C18H19N/c1-3-13(4-1)14-5-2-6-15(11-14)16-7-8-18-17(12-16)9-10-19-18/h2,5-8,11-13,19H,1,3-4,9-10H2. The van der Waals surface area contributed by atoms with Crippen LogP contribution < -0.4 is 5.32 Å². The van der Waals surface area contributed by atoms with Crippen LogP contribution in [0.1, 0.15) is 36.3 Å². The molecule has 1 saturated carbocycles. The monoisotopic (exact) mass is 249 g/mol. The van der Waals surface area contributed by atoms with E-state index in [4.69, 9.17) is 0 Å². The van der Waals surface area contributed by atoms with Gasteiger partial charge >= 0.3 is 0 Å². The minimum absolute atomic E-state index is 0.816. The topological polar surface area (TPSA) is 12.0 Å². The van der Waals surface area contributed by atoms with E-state index in [0.717, 1.165) is 18.9 Å². The van der Waals surface area contributed by atoms with Gasteiger partial charge in [0.05, 0.1) is 0 Å². The summed E-state index contributed by atoms with van der Waals surface area (Å²) in [6, 6.07) is 16.0. The van der Waals surface area contributed by atoms with Crippen molar-refractivity contribution in [1.29, 1.82) is 0 Å². The second-order valence-electron chi connectivity index (χ2n) is 5.80. The first-order chi connectivity index (χ1) is 9.40. The molecule has 4 rings (SSSR count). The molecule has 1 aliphatic heterocycles. The molecule has 1 heterocycles. The summed E-state index contributed by atoms with van der Waals surface area (Å²) in [6.07, 6.45) is 5.31. The first-order valence-corrected chi connectivity index (χ1v) is 7.37. The van der Waals surface area contributed by atoms with E-state index in [-0.39, 0.29) is 0 Å². The summed E-state index contributed by atoms with van der Waals surface area (Å²) in [6.45, 7) is 1.08. The van der Waals surface area contributed by atoms with E-state index in [1.54, 1.807) is 0 Å². The average molecular weight is 249 g/mol. The minimum atomic E-state index is 0.816. The van der Waals surface area contributed by atoms with Gasteiger partial charge in [-0.15, -0.1) is 0 Å². The molecule has 0 spiro atoms. The first-order valence-electron chi connectivity index (χ1n) is 7.37. The Labute approximate surface area is 114 Å². The molecule has 0 radical (unpaired) electrons. The van der Waals surface area contributed by atoms with Crippen molar-refractivity contribution in [2.75, 3.05) is 11.9 Å². The van der Waals surface area contributed by atoms with E-state index >= 15 is 0 Å². The molecule has 0 atom stereocenters. The predicted octanol–water partition coefficient (Wildman–Crippen LogP) is 4.59. The molecule has 0 aromatic heterocycles. The van der Waals surface area contributed by atoms with Crippen LogP contribution in [0, 0.1) is 0 Å². The van der Waals surface area contributed by atoms with E-state index in [0.29, 0.717) is 0 Å². The fourth-order valence-electron chi connectivity index (χ4n) is 3.20. The van der Waals surface area contributed by atoms with Gasteiger partial charge in [0.2, 0.25) is 0 Å². The van der Waals surface area contributed by atoms with Crippen LogP contribution in [0.3, 0.4) is 0 Å². The van der Waals surface area contributed by atoms with Crippen molar-refractivity contribution in [1.82, 2.24) is 0 Å². The Kier molecular flexibility index (Phi) is 2.58. The van der Waals surface area contributed by atoms with Crippen molar-refractivity contribution < 1.29 is 0 Å². The molecule has 1 nitrogen and oxygen atoms in total. The maximum absolute atomic E-state index is 3.43. The van der Waals surface area contributed by atoms with Gasteiger partial charge in [-0.3, -0.25) is 0 Å². The molecular formula is C18H19N. The molecule has 96 valence electrons. The number of benzene rings is 2. The summed E-state index contributed by atoms with van der Waals surface area (Å²) in [4.78, 5) is 0. The quantitative estimate of drug-likeness (QED) is 0.821. The van der Waals surface area contributed by atoms with E-state index in [9.17, 15) is 0 Å². The second kappa shape index (κ2) is 4.41. The first kappa shape index (κ1) is 11.1. The summed E-state index contributed by atoms with van der Waals surface area (Å²) in [5.41, 5.74) is 7.05. The van der Waals surface area contributed by atoms with Crippen molar-refractivity contribution in [3.8, 4) is 11.1 Å². The lowest BCUT2D eigenvalue weighted by Crippen LogP contribution is -2.08. The Morgan fingerprint density at radius 3 is 2.68 bits per heavy atom. The Hall–Kier alpha value is -1.76. The van der Waals surface area contributed by atoms with Crippen LogP contribution in [-0.2, 0) is 6.42 Å². The maximum Gasteiger partial charge on any atom is 0.0373 e. The number of fused-ring (bicyclic) bond motifs is 1. The Bertz CT molecular complexity index is 611. The minimum Gasteiger partial charge on any atom is -0.384 e. The molecule has 1 fully saturated rings. The summed E-state index contributed by atoms with van der Waals surface area (Å²) in [5.74, 6) is 0.816. The van der Waals surface area contributed by atoms with Crippen LogP contribution in [0.5, 0.6) is 0 Å². The number of nitrogens with one attached hydrogen (secondary N) is 1. The molecule has 2 aromatic rings. The van der Waals surface area contributed by atoms with Gasteiger partial charge in [-0.05, 0) is 59.6 Å². The zero-order valence-corrected chi connectivity index (χ0v) is 11.2. The van der Waals surface area contributed by atoms with Crippen molar-refractivity contribution in [2.24, 2.45) is 0 Å². The van der Waals surface area contributed by atoms with E-state index < -0.39 is 0 Å². The third-order valence-electron chi connectivity index (χ3n) is 4.61. The number of anilines is 1. The molecule has 0 unspecified atom stereocenters. The van der Waals surface area contributed by atoms with Crippen LogP contribution in [-0.4, -0.2) is 6.54 Å². The van der Waals surface area contributed by atoms with Crippen molar-refractivity contribution in [2.45, 2.75) is 31.6 Å². The number of hydrogen-bond donors (Lipinski definition) is 1. The fourth-order valence-corrected chi connectivity index (χ4v) is 3.20. The zero-order valence-electron chi connectivity index (χ0n) is 11.2. The third-order valence-corrected chi connectivity index (χ3v) is 4.61. The van der Waals surface area contributed by atoms with Gasteiger partial charge < -0.3 is 5.32 Å². The molecular weight excluding hydrogens is 230 g/mol. The second-order valence-corrected chi connectivity index (χ2v) is 5.80. The summed E-state index contributed by atoms with van der Waals surface area (Å²) in [5, 5.41) is 3.43. The van der Waals surface area contributed by atoms with Crippen LogP contribution in [0.2, 0.25) is 0 Å². The fraction of sp³-hybridized carbons (Fsp3) is 0.333. The van der Waals surface area contributed by atoms with Gasteiger partial charge in [0.25, 0.3) is 0 Å². The molecule has 0 saturated heterocycles. The van der Waals surface area contributed by atoms with E-state index in [1.807, 2.05) is 0 Å². The largest absolute Gasteiger partial charge is 0.384 e. The van der Waals surface area contributed by atoms with Gasteiger partial charge in [0, 0.05) is 12.2 Å². The highest BCUT2D eigenvalue weighted by Gasteiger charge is 2.19. The number of hydrogen-bond acceptors (Lipinski definition) is 1. The van der Waals surface area contributed by atoms with Gasteiger partial charge in [0.15, 0.2) is 0 Å². The molecule has 2 aromatic carbocycles. The summed E-state index contributed by atoms with van der Waals surface area (Å²) in [7, 11) is 0. The lowest BCUT2D eigenvalue weighted by atomic mass is 9.79. The zero-order chi connectivity index (χ0) is 12.7. The highest BCUT2D eigenvalue weighted by Crippen LogP contribution is 2.38. The van der Waals surface area contributed by atoms with Crippen molar-refractivity contribution in [3.63, 3.8) is 0 Å². The van der Waals surface area contributed by atoms with Crippen molar-refractivity contribution >= 4 is 5.69 Å². The van der Waals surface area contributed by atoms with Crippen molar-refractivity contribution in [3.05, 3.63) is 53.6 Å². The predicted molar refractivity (Wildman–Crippen MR) is 80.7 cm³/mol. The summed E-state index contributed by atoms with van der Waals surface area (Å²) < 4.78 is 0. The van der Waals surface area contributed by atoms with Gasteiger partial charge in [-0.1, -0.05) is 36.8 Å². The molecule has 0 bridgehead atoms. The van der Waals surface area contributed by atoms with E-state index in [2.05, 4.69) is 47.8 Å². The highest BCUT2D eigenvalue weighted by atomic mass is 14.9. The van der Waals surface area contributed by atoms with Gasteiger partial charge in [-0.2, -0.15) is 0 Å². The molecule has 1 heteroatoms. The third kappa shape index (κ3) is 1.94. The lowest BCUT2D eigenvalue weighted by molar-refractivity contribution is 0.420. The Morgan fingerprint density at radius 2 is 1.84 bits per heavy atom. The Balaban J connectivity index is 1.71. The molecule has 1 aliphatic carbocycles. The van der Waals surface area contributed by atoms with Crippen LogP contribution in [0.4, 0.5) is 5.69 Å². The average Bonchev–Trinajstić information content (AvgIpc) is 2.84. The van der Waals surface area contributed by atoms with Crippen LogP contribution in [0.25, 0.3) is 11.1 Å². The highest BCUT2D eigenvalue weighted by molar-refractivity contribution is 5.70. The SMILES string of the molecule is c1cc(-c2ccc3c(c2)CCN3)cc(C2CCC2)c1. The molecule has 2 aliphatic rings. The number of rotatable bonds is 2. The smallest absolute Gasteiger partial charge is 0.0373 e. The van der Waals surface area contributed by atoms with Crippen LogP contribution in [0.15, 0.2) is 42.5 Å². The summed E-state index contributed by atoms with van der Waals surface area (Å²) >= 11 is 0. The lowest BCUT2D eigenvalue weighted by Gasteiger charge is -2.26. The molecule has 0 amide bonds.